The van der Waals surface area contributed by atoms with Crippen LogP contribution in [0.3, 0.4) is 0 Å². The van der Waals surface area contributed by atoms with E-state index in [9.17, 15) is 33.6 Å². The second-order valence-corrected chi connectivity index (χ2v) is 41.5. The maximum Gasteiger partial charge on any atom is 0.437 e. The minimum Gasteiger partial charge on any atom is -0.480 e. The van der Waals surface area contributed by atoms with E-state index >= 15 is 0 Å². The number of alkyl carbamates (subject to hydrolysis) is 2. The number of halogens is 6. The number of aromatic nitrogens is 8. The Labute approximate surface area is 883 Å². The van der Waals surface area contributed by atoms with Crippen LogP contribution in [0.1, 0.15) is 223 Å². The van der Waals surface area contributed by atoms with Crippen molar-refractivity contribution >= 4 is 186 Å². The van der Waals surface area contributed by atoms with Gasteiger partial charge in [-0.15, -0.1) is 17.4 Å². The van der Waals surface area contributed by atoms with E-state index < -0.39 is 64.4 Å². The van der Waals surface area contributed by atoms with Crippen molar-refractivity contribution in [1.29, 1.82) is 10.7 Å². The zero-order valence-electron chi connectivity index (χ0n) is 81.1. The molecular weight excluding hydrogens is 2390 g/mol. The van der Waals surface area contributed by atoms with Gasteiger partial charge in [-0.05, 0) is 368 Å². The number of benzene rings is 5. The molecule has 0 radical (unpaired) electrons. The van der Waals surface area contributed by atoms with Gasteiger partial charge in [0, 0.05) is 86.4 Å². The summed E-state index contributed by atoms with van der Waals surface area (Å²) in [5, 5.41) is 76.9. The second kappa shape index (κ2) is 61.5. The van der Waals surface area contributed by atoms with Crippen LogP contribution in [-0.2, 0) is 38.0 Å². The Hall–Kier alpha value is -10.1. The minimum absolute atomic E-state index is 0. The number of nitrogens with two attached hydrogens (primary N) is 2. The Morgan fingerprint density at radius 2 is 0.899 bits per heavy atom. The van der Waals surface area contributed by atoms with Crippen molar-refractivity contribution in [3.05, 3.63) is 187 Å². The Balaban J connectivity index is 0.000000555. The molecule has 4 atom stereocenters. The van der Waals surface area contributed by atoms with Crippen molar-refractivity contribution in [1.82, 2.24) is 70.6 Å². The number of carbonyl (C=O) groups excluding carboxylic acids is 6. The molecule has 13 N–H and O–H groups in total. The first-order chi connectivity index (χ1) is 64.8. The first kappa shape index (κ1) is 125. The van der Waals surface area contributed by atoms with Crippen LogP contribution in [-0.4, -0.2) is 221 Å². The normalized spacial score (nSPS) is 15.3. The van der Waals surface area contributed by atoms with Gasteiger partial charge in [0.2, 0.25) is 47.1 Å². The Morgan fingerprint density at radius 1 is 0.525 bits per heavy atom. The number of hydrogen-bond donors (Lipinski definition) is 11. The number of guanidine groups is 1. The average Bonchev–Trinajstić information content (AvgIpc) is 1.66. The van der Waals surface area contributed by atoms with Gasteiger partial charge in [0.05, 0.1) is 17.7 Å². The highest BCUT2D eigenvalue weighted by atomic mass is 127. The number of oxime groups is 1. The number of carbonyl (C=O) groups is 7. The summed E-state index contributed by atoms with van der Waals surface area (Å²) in [7, 11) is 2.00. The monoisotopic (exact) mass is 2520 g/mol. The van der Waals surface area contributed by atoms with Gasteiger partial charge in [0.15, 0.2) is 5.84 Å². The van der Waals surface area contributed by atoms with E-state index in [4.69, 9.17) is 79.4 Å². The van der Waals surface area contributed by atoms with Crippen LogP contribution in [0.4, 0.5) is 24.0 Å². The van der Waals surface area contributed by atoms with E-state index in [1.807, 2.05) is 151 Å². The number of amides is 5. The van der Waals surface area contributed by atoms with Crippen LogP contribution < -0.4 is 27.6 Å². The number of carboxylic acids is 1. The highest BCUT2D eigenvalue weighted by Gasteiger charge is 2.40. The number of carboxylic acid groups (broad SMARTS) is 1. The molecular formula is C92H126ClI5N20O21. The van der Waals surface area contributed by atoms with Gasteiger partial charge in [-0.25, -0.2) is 39.6 Å². The number of rotatable bonds is 9. The maximum atomic E-state index is 12.5. The number of nitrogens with one attached hydrogen (secondary N) is 4. The van der Waals surface area contributed by atoms with Crippen LogP contribution in [0.15, 0.2) is 164 Å². The zero-order valence-corrected chi connectivity index (χ0v) is 92.7. The number of aliphatic carboxylic acids is 1. The summed E-state index contributed by atoms with van der Waals surface area (Å²) in [6, 6.07) is 39.6. The maximum absolute atomic E-state index is 12.5. The molecule has 5 amide bonds. The van der Waals surface area contributed by atoms with Crippen molar-refractivity contribution in [2.75, 3.05) is 40.4 Å². The van der Waals surface area contributed by atoms with E-state index in [0.29, 0.717) is 74.1 Å². The number of aliphatic hydroxyl groups excluding tert-OH is 2. The lowest BCUT2D eigenvalue weighted by Crippen LogP contribution is -2.46. The molecule has 0 saturated carbocycles. The number of ether oxygens (including phenoxy) is 6. The molecule has 5 aromatic carbocycles. The molecule has 4 aliphatic heterocycles. The lowest BCUT2D eigenvalue weighted by Gasteiger charge is -2.27. The van der Waals surface area contributed by atoms with Crippen molar-refractivity contribution in [2.45, 2.75) is 234 Å². The van der Waals surface area contributed by atoms with Crippen LogP contribution in [0.5, 0.6) is 0 Å². The first-order valence-electron chi connectivity index (χ1n) is 42.8. The Bertz CT molecular complexity index is 5320. The molecule has 4 aliphatic rings. The second-order valence-electron chi connectivity index (χ2n) is 35.3. The lowest BCUT2D eigenvalue weighted by atomic mass is 10.2. The molecule has 4 fully saturated rings. The SMILES string of the molecule is CC(C)(C)OC(=O)N1CCC[C@H]1C(=O)O.CC(C)(C)OC(=O)N1CCC[C@H]1c1nc(-c2ccc(I)cc2)no1.CC(C)(C)OC(=O)N=C(NC(=O)OC(C)(C)C)N1CCC[C@H]1c1nc(-c2ccc(I)cc2)no1.CC(C)(C)OC(=O)NC(=N)n1ccnc1.CC(C)(C)OC=O.CO.CO.Cl.Ic1ccc(-c2noc([C@@H]3CCCN3)n2)cc1.N#Cc1ccc(I)cc1.N/C(=N\O)c1ccc(I)cc1.NO. The molecule has 0 unspecified atom stereocenters. The third-order valence-electron chi connectivity index (χ3n) is 17.3. The molecule has 8 heterocycles. The standard InChI is InChI=1S/C23H30IN5O5.C17H20IN3O3.C12H12IN3O.C10H17NO4.C9H14N4O2.C7H7IN2O.C7H4IN.C5H10O2.2CH4O.ClH.H3NO/c1-22(2,3)32-20(30)26-19(27-21(31)33-23(4,5)6)29-13-7-8-16(29)18-25-17(28-34-18)14-9-11-15(24)12-10-14;1-17(2,3)23-16(22)21-10-4-5-13(21)15-19-14(20-24-15)11-6-8-12(18)9-7-11;13-9-5-3-8(4-6-9)11-15-12(17-16-11)10-2-1-7-14-10;1-10(2,3)15-9(14)11-6-4-5-7(11)8(12)13;1-9(2,3)15-8(14)12-7(10)13-5-4-11-6-13;8-6-3-1-5(2-4-6)7(9)10-11;8-7-3-1-6(5-9)2-4-7;1-5(2,3)7-4-6;2*1-2;;1-2/h9-12,16H,7-8,13H2,1-6H3,(H,26,27,30,31);6-9,13H,4-5,10H2,1-3H3;3-6,10,14H,1-2,7H2;7H,4-6H2,1-3H3,(H,12,13);4-6H,1-3H3,(H2,10,12,14);1-4,11H,(H2,9,10);1-4H;4H,1-3H3;2*2H,1H3;1H;2H,1H2/t16-;13-;10-;7-;;;;;;;;/m0000......../s1. The lowest BCUT2D eigenvalue weighted by molar-refractivity contribution is -0.142. The third-order valence-corrected chi connectivity index (χ3v) is 20.9. The number of amidine groups is 1. The number of aliphatic hydroxyl groups is 2. The van der Waals surface area contributed by atoms with E-state index in [1.54, 1.807) is 111 Å². The molecule has 0 spiro atoms. The van der Waals surface area contributed by atoms with Crippen LogP contribution >= 0.6 is 125 Å². The number of nitriles is 1. The highest BCUT2D eigenvalue weighted by Crippen LogP contribution is 2.36. The number of hydrogen-bond acceptors (Lipinski definition) is 32. The van der Waals surface area contributed by atoms with Gasteiger partial charge in [-0.1, -0.05) is 69.2 Å². The topological polar surface area (TPSA) is 581 Å². The minimum atomic E-state index is -0.960. The van der Waals surface area contributed by atoms with Gasteiger partial charge in [-0.2, -0.15) is 20.2 Å². The molecule has 4 aromatic heterocycles. The predicted molar refractivity (Wildman–Crippen MR) is 564 cm³/mol. The van der Waals surface area contributed by atoms with Gasteiger partial charge < -0.3 is 83.7 Å². The summed E-state index contributed by atoms with van der Waals surface area (Å²) in [4.78, 5) is 107. The smallest absolute Gasteiger partial charge is 0.437 e. The predicted octanol–water partition coefficient (Wildman–Crippen LogP) is 18.6. The first-order valence-corrected chi connectivity index (χ1v) is 48.2. The molecule has 0 aliphatic carbocycles. The van der Waals surface area contributed by atoms with Crippen LogP contribution in [0.25, 0.3) is 34.2 Å². The van der Waals surface area contributed by atoms with Crippen LogP contribution in [0.2, 0.25) is 0 Å². The largest absolute Gasteiger partial charge is 0.480 e. The summed E-state index contributed by atoms with van der Waals surface area (Å²) in [6.07, 6.45) is 8.04. The summed E-state index contributed by atoms with van der Waals surface area (Å²) in [5.41, 5.74) is 6.06. The molecule has 0 bridgehead atoms. The molecule has 762 valence electrons. The number of nitrogens with zero attached hydrogens (tertiary/aromatic N) is 14. The third kappa shape index (κ3) is 48.7. The van der Waals surface area contributed by atoms with Gasteiger partial charge >= 0.3 is 36.4 Å². The van der Waals surface area contributed by atoms with Crippen LogP contribution in [0, 0.1) is 34.6 Å². The summed E-state index contributed by atoms with van der Waals surface area (Å²) in [6.45, 7) is 35.2. The van der Waals surface area contributed by atoms with Crippen molar-refractivity contribution in [2.24, 2.45) is 21.8 Å². The van der Waals surface area contributed by atoms with Gasteiger partial charge in [0.1, 0.15) is 58.1 Å². The van der Waals surface area contributed by atoms with Gasteiger partial charge in [-0.3, -0.25) is 35.2 Å². The summed E-state index contributed by atoms with van der Waals surface area (Å²) in [5.74, 6) is 5.81. The molecule has 41 nitrogen and oxygen atoms in total. The quantitative estimate of drug-likeness (QED) is 0.0122. The number of imidazole rings is 1. The van der Waals surface area contributed by atoms with Crippen molar-refractivity contribution in [3.63, 3.8) is 0 Å². The highest BCUT2D eigenvalue weighted by molar-refractivity contribution is 14.1. The van der Waals surface area contributed by atoms with E-state index in [1.165, 1.54) is 32.0 Å². The average molecular weight is 2520 g/mol. The van der Waals surface area contributed by atoms with Gasteiger partial charge in [0.25, 0.3) is 6.47 Å². The summed E-state index contributed by atoms with van der Waals surface area (Å²) < 4.78 is 54.2. The van der Waals surface area contributed by atoms with Crippen molar-refractivity contribution in [3.8, 4) is 40.2 Å². The van der Waals surface area contributed by atoms with E-state index in [-0.39, 0.29) is 60.0 Å². The van der Waals surface area contributed by atoms with E-state index in [2.05, 4.69) is 191 Å². The number of aliphatic imine (C=N–C) groups is 1. The molecule has 9 aromatic rings. The Kier molecular flexibility index (Phi) is 55.3. The zero-order chi connectivity index (χ0) is 104. The Morgan fingerprint density at radius 3 is 1.27 bits per heavy atom. The van der Waals surface area contributed by atoms with E-state index in [0.717, 1.165) is 95.0 Å². The number of likely N-dealkylation sites (tertiary alicyclic amines) is 3. The summed E-state index contributed by atoms with van der Waals surface area (Å²) >= 11 is 11.1. The fraction of sp³-hybridized carbons (Fsp3) is 0.457. The fourth-order valence-corrected chi connectivity index (χ4v) is 13.5. The fourth-order valence-electron chi connectivity index (χ4n) is 11.7. The van der Waals surface area contributed by atoms with Crippen molar-refractivity contribution < 1.29 is 101 Å². The molecule has 4 saturated heterocycles. The molecule has 139 heavy (non-hydrogen) atoms. The molecule has 47 heteroatoms. The molecule has 13 rings (SSSR count).